The Morgan fingerprint density at radius 1 is 1.22 bits per heavy atom. The molecule has 6 nitrogen and oxygen atoms in total. The van der Waals surface area contributed by atoms with Crippen molar-refractivity contribution in [3.63, 3.8) is 0 Å². The summed E-state index contributed by atoms with van der Waals surface area (Å²) in [6.07, 6.45) is 3.21. The molecule has 0 saturated carbocycles. The molecular formula is C12H17N3O3. The predicted octanol–water partition coefficient (Wildman–Crippen LogP) is 0.979. The van der Waals surface area contributed by atoms with E-state index < -0.39 is 0 Å². The van der Waals surface area contributed by atoms with Gasteiger partial charge in [0, 0.05) is 32.2 Å². The average molecular weight is 251 g/mol. The molecule has 1 aliphatic heterocycles. The van der Waals surface area contributed by atoms with Crippen LogP contribution in [0.3, 0.4) is 0 Å². The molecule has 0 radical (unpaired) electrons. The van der Waals surface area contributed by atoms with Crippen molar-refractivity contribution in [3.8, 4) is 5.75 Å². The van der Waals surface area contributed by atoms with Crippen LogP contribution in [0.25, 0.3) is 0 Å². The summed E-state index contributed by atoms with van der Waals surface area (Å²) in [6, 6.07) is 1.95. The molecule has 0 aliphatic carbocycles. The van der Waals surface area contributed by atoms with Crippen LogP contribution in [-0.2, 0) is 4.74 Å². The highest BCUT2D eigenvalue weighted by molar-refractivity contribution is 5.68. The van der Waals surface area contributed by atoms with Gasteiger partial charge >= 0.3 is 6.09 Å². The van der Waals surface area contributed by atoms with E-state index in [0.717, 1.165) is 24.5 Å². The zero-order valence-electron chi connectivity index (χ0n) is 10.6. The van der Waals surface area contributed by atoms with Crippen molar-refractivity contribution in [3.05, 3.63) is 18.5 Å². The van der Waals surface area contributed by atoms with Crippen molar-refractivity contribution in [1.82, 2.24) is 9.88 Å². The number of pyridine rings is 1. The Bertz CT molecular complexity index is 417. The third kappa shape index (κ3) is 2.64. The van der Waals surface area contributed by atoms with Crippen LogP contribution in [0, 0.1) is 0 Å². The summed E-state index contributed by atoms with van der Waals surface area (Å²) in [5.41, 5.74) is 1.01. The van der Waals surface area contributed by atoms with Crippen LogP contribution in [0.1, 0.15) is 0 Å². The minimum absolute atomic E-state index is 0.265. The Balaban J connectivity index is 1.98. The minimum atomic E-state index is -0.265. The maximum absolute atomic E-state index is 11.4. The van der Waals surface area contributed by atoms with E-state index in [-0.39, 0.29) is 6.09 Å². The van der Waals surface area contributed by atoms with Gasteiger partial charge in [-0.2, -0.15) is 0 Å². The molecule has 98 valence electrons. The van der Waals surface area contributed by atoms with Crippen LogP contribution in [0.5, 0.6) is 5.75 Å². The first-order valence-electron chi connectivity index (χ1n) is 5.81. The minimum Gasteiger partial charge on any atom is -0.495 e. The number of methoxy groups -OCH3 is 2. The van der Waals surface area contributed by atoms with E-state index in [9.17, 15) is 4.79 Å². The van der Waals surface area contributed by atoms with Crippen molar-refractivity contribution >= 4 is 11.8 Å². The fourth-order valence-corrected chi connectivity index (χ4v) is 1.97. The molecule has 1 aromatic heterocycles. The molecule has 0 spiro atoms. The molecule has 18 heavy (non-hydrogen) atoms. The zero-order chi connectivity index (χ0) is 13.0. The topological polar surface area (TPSA) is 54.9 Å². The highest BCUT2D eigenvalue weighted by atomic mass is 16.5. The molecule has 2 rings (SSSR count). The Labute approximate surface area is 106 Å². The Morgan fingerprint density at radius 3 is 2.56 bits per heavy atom. The fourth-order valence-electron chi connectivity index (χ4n) is 1.97. The van der Waals surface area contributed by atoms with Gasteiger partial charge in [-0.05, 0) is 0 Å². The van der Waals surface area contributed by atoms with Gasteiger partial charge in [-0.3, -0.25) is 4.98 Å². The van der Waals surface area contributed by atoms with Gasteiger partial charge in [0.05, 0.1) is 32.3 Å². The smallest absolute Gasteiger partial charge is 0.409 e. The molecule has 1 amide bonds. The zero-order valence-corrected chi connectivity index (χ0v) is 10.6. The van der Waals surface area contributed by atoms with E-state index in [1.807, 2.05) is 6.07 Å². The van der Waals surface area contributed by atoms with Crippen molar-refractivity contribution in [2.45, 2.75) is 0 Å². The standard InChI is InChI=1S/C12H17N3O3/c1-17-11-7-10(8-13-9-11)14-3-5-15(6-4-14)12(16)18-2/h7-9H,3-6H2,1-2H3. The number of anilines is 1. The molecule has 1 saturated heterocycles. The van der Waals surface area contributed by atoms with E-state index in [1.165, 1.54) is 7.11 Å². The van der Waals surface area contributed by atoms with Crippen molar-refractivity contribution in [2.24, 2.45) is 0 Å². The molecule has 1 fully saturated rings. The first-order chi connectivity index (χ1) is 8.74. The molecule has 0 N–H and O–H groups in total. The summed E-state index contributed by atoms with van der Waals surface area (Å²) < 4.78 is 9.85. The van der Waals surface area contributed by atoms with Crippen LogP contribution in [-0.4, -0.2) is 56.4 Å². The first kappa shape index (κ1) is 12.5. The summed E-state index contributed by atoms with van der Waals surface area (Å²) in [5.74, 6) is 0.739. The van der Waals surface area contributed by atoms with E-state index in [2.05, 4.69) is 9.88 Å². The van der Waals surface area contributed by atoms with Crippen LogP contribution in [0.4, 0.5) is 10.5 Å². The number of piperazine rings is 1. The number of hydrogen-bond donors (Lipinski definition) is 0. The number of carbonyl (C=O) groups excluding carboxylic acids is 1. The van der Waals surface area contributed by atoms with E-state index >= 15 is 0 Å². The number of nitrogens with zero attached hydrogens (tertiary/aromatic N) is 3. The van der Waals surface area contributed by atoms with Gasteiger partial charge in [0.1, 0.15) is 5.75 Å². The number of aromatic nitrogens is 1. The van der Waals surface area contributed by atoms with Crippen molar-refractivity contribution in [1.29, 1.82) is 0 Å². The lowest BCUT2D eigenvalue weighted by atomic mass is 10.3. The molecule has 2 heterocycles. The monoisotopic (exact) mass is 251 g/mol. The Kier molecular flexibility index (Phi) is 3.86. The van der Waals surface area contributed by atoms with Gasteiger partial charge in [-0.1, -0.05) is 0 Å². The SMILES string of the molecule is COC(=O)N1CCN(c2cncc(OC)c2)CC1. The second-order valence-corrected chi connectivity index (χ2v) is 4.03. The number of hydrogen-bond acceptors (Lipinski definition) is 5. The lowest BCUT2D eigenvalue weighted by Gasteiger charge is -2.35. The Hall–Kier alpha value is -1.98. The lowest BCUT2D eigenvalue weighted by Crippen LogP contribution is -2.48. The van der Waals surface area contributed by atoms with Gasteiger partial charge in [0.25, 0.3) is 0 Å². The summed E-state index contributed by atoms with van der Waals surface area (Å²) >= 11 is 0. The summed E-state index contributed by atoms with van der Waals surface area (Å²) in [6.45, 7) is 2.85. The van der Waals surface area contributed by atoms with Crippen LogP contribution in [0.2, 0.25) is 0 Å². The van der Waals surface area contributed by atoms with Crippen molar-refractivity contribution in [2.75, 3.05) is 45.3 Å². The van der Waals surface area contributed by atoms with Gasteiger partial charge in [0.15, 0.2) is 0 Å². The number of ether oxygens (including phenoxy) is 2. The second kappa shape index (κ2) is 5.57. The average Bonchev–Trinajstić information content (AvgIpc) is 2.46. The summed E-state index contributed by atoms with van der Waals surface area (Å²) in [4.78, 5) is 19.4. The molecule has 6 heteroatoms. The highest BCUT2D eigenvalue weighted by Gasteiger charge is 2.21. The maximum atomic E-state index is 11.4. The summed E-state index contributed by atoms with van der Waals surface area (Å²) in [7, 11) is 3.02. The van der Waals surface area contributed by atoms with E-state index in [0.29, 0.717) is 13.1 Å². The van der Waals surface area contributed by atoms with E-state index in [1.54, 1.807) is 24.4 Å². The molecule has 0 unspecified atom stereocenters. The maximum Gasteiger partial charge on any atom is 0.409 e. The molecule has 1 aliphatic rings. The molecule has 0 aromatic carbocycles. The quantitative estimate of drug-likeness (QED) is 0.784. The summed E-state index contributed by atoms with van der Waals surface area (Å²) in [5, 5.41) is 0. The van der Waals surface area contributed by atoms with E-state index in [4.69, 9.17) is 9.47 Å². The molecule has 1 aromatic rings. The van der Waals surface area contributed by atoms with Gasteiger partial charge in [-0.15, -0.1) is 0 Å². The van der Waals surface area contributed by atoms with Crippen LogP contribution < -0.4 is 9.64 Å². The number of amides is 1. The normalized spacial score (nSPS) is 15.4. The van der Waals surface area contributed by atoms with Crippen molar-refractivity contribution < 1.29 is 14.3 Å². The number of carbonyl (C=O) groups is 1. The third-order valence-corrected chi connectivity index (χ3v) is 3.01. The van der Waals surface area contributed by atoms with Crippen LogP contribution >= 0.6 is 0 Å². The fraction of sp³-hybridized carbons (Fsp3) is 0.500. The predicted molar refractivity (Wildman–Crippen MR) is 67.0 cm³/mol. The largest absolute Gasteiger partial charge is 0.495 e. The highest BCUT2D eigenvalue weighted by Crippen LogP contribution is 2.20. The van der Waals surface area contributed by atoms with Gasteiger partial charge in [0.2, 0.25) is 0 Å². The van der Waals surface area contributed by atoms with Gasteiger partial charge in [-0.25, -0.2) is 4.79 Å². The van der Waals surface area contributed by atoms with Gasteiger partial charge < -0.3 is 19.3 Å². The molecular weight excluding hydrogens is 234 g/mol. The molecule has 0 atom stereocenters. The number of rotatable bonds is 2. The molecule has 0 bridgehead atoms. The first-order valence-corrected chi connectivity index (χ1v) is 5.81. The second-order valence-electron chi connectivity index (χ2n) is 4.03. The Morgan fingerprint density at radius 2 is 1.94 bits per heavy atom. The third-order valence-electron chi connectivity index (χ3n) is 3.01. The lowest BCUT2D eigenvalue weighted by molar-refractivity contribution is 0.121. The van der Waals surface area contributed by atoms with Crippen LogP contribution in [0.15, 0.2) is 18.5 Å².